The van der Waals surface area contributed by atoms with Gasteiger partial charge < -0.3 is 10.2 Å². The van der Waals surface area contributed by atoms with Crippen molar-refractivity contribution in [3.63, 3.8) is 0 Å². The van der Waals surface area contributed by atoms with Crippen LogP contribution in [-0.2, 0) is 0 Å². The molecule has 0 saturated heterocycles. The highest BCUT2D eigenvalue weighted by Gasteiger charge is 2.13. The minimum Gasteiger partial charge on any atom is -0.507 e. The van der Waals surface area contributed by atoms with E-state index in [9.17, 15) is 10.2 Å². The molecular weight excluding hydrogens is 470 g/mol. The summed E-state index contributed by atoms with van der Waals surface area (Å²) in [4.78, 5) is 14.3. The van der Waals surface area contributed by atoms with Crippen LogP contribution in [0.15, 0.2) is 125 Å². The molecule has 0 radical (unpaired) electrons. The molecule has 6 rings (SSSR count). The summed E-state index contributed by atoms with van der Waals surface area (Å²) >= 11 is 0. The zero-order valence-electron chi connectivity index (χ0n) is 20.4. The Labute approximate surface area is 219 Å². The van der Waals surface area contributed by atoms with E-state index in [0.717, 1.165) is 32.9 Å². The smallest absolute Gasteiger partial charge is 0.124 e. The molecular formula is C33H23N3O2. The Morgan fingerprint density at radius 3 is 1.61 bits per heavy atom. The number of aromatic hydroxyl groups is 2. The normalized spacial score (nSPS) is 11.7. The molecule has 0 amide bonds. The van der Waals surface area contributed by atoms with E-state index in [4.69, 9.17) is 9.98 Å². The van der Waals surface area contributed by atoms with E-state index in [0.29, 0.717) is 22.5 Å². The van der Waals surface area contributed by atoms with Gasteiger partial charge in [-0.05, 0) is 54.1 Å². The number of pyridine rings is 1. The van der Waals surface area contributed by atoms with Crippen molar-refractivity contribution in [1.29, 1.82) is 0 Å². The fourth-order valence-corrected chi connectivity index (χ4v) is 4.51. The van der Waals surface area contributed by atoms with E-state index >= 15 is 0 Å². The van der Waals surface area contributed by atoms with Gasteiger partial charge in [0.2, 0.25) is 0 Å². The lowest BCUT2D eigenvalue weighted by atomic mass is 9.95. The average molecular weight is 494 g/mol. The lowest BCUT2D eigenvalue weighted by Gasteiger charge is -2.12. The van der Waals surface area contributed by atoms with Crippen molar-refractivity contribution in [1.82, 2.24) is 4.98 Å². The van der Waals surface area contributed by atoms with Crippen molar-refractivity contribution in [3.05, 3.63) is 126 Å². The monoisotopic (exact) mass is 493 g/mol. The van der Waals surface area contributed by atoms with Gasteiger partial charge in [0.1, 0.15) is 11.5 Å². The van der Waals surface area contributed by atoms with Crippen molar-refractivity contribution < 1.29 is 10.2 Å². The van der Waals surface area contributed by atoms with Crippen LogP contribution in [0.5, 0.6) is 11.5 Å². The molecule has 0 atom stereocenters. The van der Waals surface area contributed by atoms with Gasteiger partial charge in [-0.2, -0.15) is 0 Å². The van der Waals surface area contributed by atoms with Crippen molar-refractivity contribution in [2.45, 2.75) is 0 Å². The van der Waals surface area contributed by atoms with E-state index in [1.165, 1.54) is 0 Å². The van der Waals surface area contributed by atoms with Gasteiger partial charge in [-0.3, -0.25) is 9.98 Å². The Morgan fingerprint density at radius 2 is 1.03 bits per heavy atom. The van der Waals surface area contributed by atoms with E-state index in [1.54, 1.807) is 48.8 Å². The second kappa shape index (κ2) is 9.99. The maximum absolute atomic E-state index is 10.3. The van der Waals surface area contributed by atoms with Gasteiger partial charge in [0.05, 0.1) is 22.4 Å². The second-order valence-corrected chi connectivity index (χ2v) is 8.86. The number of benzene rings is 5. The number of fused-ring (bicyclic) bond motifs is 2. The average Bonchev–Trinajstić information content (AvgIpc) is 2.95. The highest BCUT2D eigenvalue weighted by molar-refractivity contribution is 6.10. The minimum atomic E-state index is 0.151. The summed E-state index contributed by atoms with van der Waals surface area (Å²) in [5.41, 5.74) is 6.36. The van der Waals surface area contributed by atoms with E-state index < -0.39 is 0 Å². The Hall–Kier alpha value is -5.29. The largest absolute Gasteiger partial charge is 0.507 e. The summed E-state index contributed by atoms with van der Waals surface area (Å²) in [6.07, 6.45) is 3.26. The molecule has 1 heterocycles. The zero-order chi connectivity index (χ0) is 25.9. The molecule has 2 N–H and O–H groups in total. The molecule has 0 aliphatic carbocycles. The number of para-hydroxylation sites is 4. The summed E-state index contributed by atoms with van der Waals surface area (Å²) in [5, 5.41) is 22.5. The molecule has 0 unspecified atom stereocenters. The second-order valence-electron chi connectivity index (χ2n) is 8.86. The van der Waals surface area contributed by atoms with Crippen LogP contribution in [0.1, 0.15) is 11.1 Å². The lowest BCUT2D eigenvalue weighted by molar-refractivity contribution is 0.474. The maximum atomic E-state index is 10.3. The number of hydrogen-bond acceptors (Lipinski definition) is 5. The predicted molar refractivity (Wildman–Crippen MR) is 155 cm³/mol. The summed E-state index contributed by atoms with van der Waals surface area (Å²) in [6.45, 7) is 0. The Balaban J connectivity index is 1.54. The molecule has 5 nitrogen and oxygen atoms in total. The SMILES string of the molecule is Oc1ccccc1C=Nc1ccc(-c2c3ccccc3nc3ccccc23)cc1N=Cc1ccccc1O. The number of phenols is 2. The van der Waals surface area contributed by atoms with Crippen LogP contribution < -0.4 is 0 Å². The van der Waals surface area contributed by atoms with E-state index in [-0.39, 0.29) is 11.5 Å². The lowest BCUT2D eigenvalue weighted by Crippen LogP contribution is -1.89. The fraction of sp³-hybridized carbons (Fsp3) is 0. The zero-order valence-corrected chi connectivity index (χ0v) is 20.4. The third-order valence-electron chi connectivity index (χ3n) is 6.41. The van der Waals surface area contributed by atoms with Gasteiger partial charge in [-0.15, -0.1) is 0 Å². The molecule has 0 spiro atoms. The molecule has 0 bridgehead atoms. The Bertz CT molecular complexity index is 1800. The first kappa shape index (κ1) is 23.1. The Kier molecular flexibility index (Phi) is 6.08. The van der Waals surface area contributed by atoms with Gasteiger partial charge in [0.15, 0.2) is 0 Å². The van der Waals surface area contributed by atoms with Crippen LogP contribution in [0, 0.1) is 0 Å². The van der Waals surface area contributed by atoms with Crippen LogP contribution in [0.4, 0.5) is 11.4 Å². The number of phenolic OH excluding ortho intramolecular Hbond substituents is 2. The number of aliphatic imine (C=N–C) groups is 2. The standard InChI is InChI=1S/C33H23N3O2/c37-31-15-7-1-9-23(31)20-34-29-18-17-22(19-30(29)35-21-24-10-2-8-16-32(24)38)33-25-11-3-5-13-27(25)36-28-14-6-4-12-26(28)33/h1-21,37-38H. The molecule has 38 heavy (non-hydrogen) atoms. The molecule has 0 aliphatic heterocycles. The maximum Gasteiger partial charge on any atom is 0.124 e. The van der Waals surface area contributed by atoms with Crippen molar-refractivity contribution in [2.24, 2.45) is 9.98 Å². The first-order chi connectivity index (χ1) is 18.7. The van der Waals surface area contributed by atoms with Gasteiger partial charge in [0, 0.05) is 39.9 Å². The summed E-state index contributed by atoms with van der Waals surface area (Å²) < 4.78 is 0. The first-order valence-corrected chi connectivity index (χ1v) is 12.2. The van der Waals surface area contributed by atoms with Gasteiger partial charge >= 0.3 is 0 Å². The van der Waals surface area contributed by atoms with Crippen LogP contribution in [0.3, 0.4) is 0 Å². The van der Waals surface area contributed by atoms with Gasteiger partial charge in [-0.25, -0.2) is 4.98 Å². The molecule has 182 valence electrons. The third-order valence-corrected chi connectivity index (χ3v) is 6.41. The molecule has 5 aromatic carbocycles. The molecule has 0 aliphatic rings. The Morgan fingerprint density at radius 1 is 0.526 bits per heavy atom. The van der Waals surface area contributed by atoms with Crippen molar-refractivity contribution in [3.8, 4) is 22.6 Å². The predicted octanol–water partition coefficient (Wildman–Crippen LogP) is 7.97. The van der Waals surface area contributed by atoms with Crippen LogP contribution in [-0.4, -0.2) is 27.6 Å². The highest BCUT2D eigenvalue weighted by atomic mass is 16.3. The van der Waals surface area contributed by atoms with Crippen LogP contribution in [0.25, 0.3) is 32.9 Å². The van der Waals surface area contributed by atoms with E-state index in [2.05, 4.69) is 17.1 Å². The first-order valence-electron chi connectivity index (χ1n) is 12.2. The van der Waals surface area contributed by atoms with Crippen LogP contribution >= 0.6 is 0 Å². The number of aromatic nitrogens is 1. The number of rotatable bonds is 5. The van der Waals surface area contributed by atoms with Crippen molar-refractivity contribution >= 4 is 45.6 Å². The van der Waals surface area contributed by atoms with Gasteiger partial charge in [0.25, 0.3) is 0 Å². The van der Waals surface area contributed by atoms with Gasteiger partial charge in [-0.1, -0.05) is 66.7 Å². The minimum absolute atomic E-state index is 0.151. The molecule has 1 aromatic heterocycles. The topological polar surface area (TPSA) is 78.1 Å². The van der Waals surface area contributed by atoms with Crippen molar-refractivity contribution in [2.75, 3.05) is 0 Å². The summed E-state index contributed by atoms with van der Waals surface area (Å²) in [5.74, 6) is 0.305. The quantitative estimate of drug-likeness (QED) is 0.189. The highest BCUT2D eigenvalue weighted by Crippen LogP contribution is 2.39. The fourth-order valence-electron chi connectivity index (χ4n) is 4.51. The molecule has 0 saturated carbocycles. The molecule has 5 heteroatoms. The van der Waals surface area contributed by atoms with E-state index in [1.807, 2.05) is 66.7 Å². The number of hydrogen-bond donors (Lipinski definition) is 2. The molecule has 0 fully saturated rings. The van der Waals surface area contributed by atoms with Crippen LogP contribution in [0.2, 0.25) is 0 Å². The summed E-state index contributed by atoms with van der Waals surface area (Å²) in [6, 6.07) is 36.3. The number of nitrogens with zero attached hydrogens (tertiary/aromatic N) is 3. The molecule has 6 aromatic rings. The summed E-state index contributed by atoms with van der Waals surface area (Å²) in [7, 11) is 0. The third kappa shape index (κ3) is 4.49.